The molecule has 6 unspecified atom stereocenters. The number of nitrogens with zero attached hydrogens (tertiary/aromatic N) is 1. The standard InChI is InChI=1S/C41H51NOSi/c1-28-23-24-36-35(27-28)37-38(42(36)5)31-19-11-14-22-34(31)40(37)44(6,26-16-8-7-15-25-43-41(2,3)4)39-32-20-12-9-17-29(32)30-18-10-13-21-33(30)39/h9-14,17-24,27,29-30,32-33,38-39H,7-8,15-16,25-26H2,1-6H3. The number of unbranched alkanes of at least 4 members (excludes halogenated alkanes) is 3. The number of allylic oxidation sites excluding steroid dienone is 8. The predicted octanol–water partition coefficient (Wildman–Crippen LogP) is 10.5. The molecular formula is C41H51NOSi. The first-order valence-electron chi connectivity index (χ1n) is 17.2. The van der Waals surface area contributed by atoms with E-state index < -0.39 is 8.07 Å². The van der Waals surface area contributed by atoms with Crippen LogP contribution in [0.4, 0.5) is 5.69 Å². The lowest BCUT2D eigenvalue weighted by atomic mass is 9.83. The summed E-state index contributed by atoms with van der Waals surface area (Å²) in [5.41, 5.74) is 9.62. The normalized spacial score (nSPS) is 29.0. The van der Waals surface area contributed by atoms with E-state index >= 15 is 0 Å². The van der Waals surface area contributed by atoms with Crippen LogP contribution in [0.2, 0.25) is 18.1 Å². The molecule has 1 saturated carbocycles. The Morgan fingerprint density at radius 3 is 2.09 bits per heavy atom. The summed E-state index contributed by atoms with van der Waals surface area (Å²) in [6.45, 7) is 12.4. The molecule has 1 fully saturated rings. The second-order valence-corrected chi connectivity index (χ2v) is 19.8. The Bertz CT molecular complexity index is 1540. The van der Waals surface area contributed by atoms with E-state index in [2.05, 4.69) is 137 Å². The number of fused-ring (bicyclic) bond motifs is 8. The SMILES string of the molecule is Cc1ccc2c(c1)C1=C([Si](C)(CCCCCCOC(C)(C)C)C3C4C=CC=CC4C4C=CC=CC43)c3ccccc3C1N2C. The fourth-order valence-corrected chi connectivity index (χ4v) is 15.7. The number of rotatable bonds is 9. The molecule has 6 atom stereocenters. The lowest BCUT2D eigenvalue weighted by molar-refractivity contribution is -0.00471. The van der Waals surface area contributed by atoms with Gasteiger partial charge >= 0.3 is 0 Å². The maximum absolute atomic E-state index is 6.07. The number of ether oxygens (including phenoxy) is 1. The molecule has 1 heterocycles. The van der Waals surface area contributed by atoms with Gasteiger partial charge in [-0.25, -0.2) is 0 Å². The molecule has 5 aliphatic rings. The van der Waals surface area contributed by atoms with Gasteiger partial charge < -0.3 is 9.64 Å². The van der Waals surface area contributed by atoms with Crippen molar-refractivity contribution in [1.29, 1.82) is 0 Å². The molecule has 2 aromatic rings. The Kier molecular flexibility index (Phi) is 7.78. The summed E-state index contributed by atoms with van der Waals surface area (Å²) >= 11 is 0. The molecule has 7 rings (SSSR count). The molecule has 1 aliphatic heterocycles. The number of benzene rings is 2. The fraction of sp³-hybridized carbons (Fsp3) is 0.463. The lowest BCUT2D eigenvalue weighted by Crippen LogP contribution is -2.43. The van der Waals surface area contributed by atoms with E-state index in [1.54, 1.807) is 16.3 Å². The van der Waals surface area contributed by atoms with E-state index in [0.29, 0.717) is 35.3 Å². The molecule has 0 aromatic heterocycles. The average molecular weight is 602 g/mol. The monoisotopic (exact) mass is 601 g/mol. The first-order valence-corrected chi connectivity index (χ1v) is 20.0. The number of hydrogen-bond acceptors (Lipinski definition) is 2. The molecule has 2 aromatic carbocycles. The van der Waals surface area contributed by atoms with Gasteiger partial charge in [0.15, 0.2) is 0 Å². The van der Waals surface area contributed by atoms with Crippen molar-refractivity contribution >= 4 is 24.5 Å². The topological polar surface area (TPSA) is 12.5 Å². The second kappa shape index (κ2) is 11.5. The summed E-state index contributed by atoms with van der Waals surface area (Å²) in [7, 11) is 0.229. The maximum Gasteiger partial charge on any atom is 0.0892 e. The minimum Gasteiger partial charge on any atom is -0.376 e. The van der Waals surface area contributed by atoms with Crippen molar-refractivity contribution in [2.75, 3.05) is 18.6 Å². The molecule has 0 bridgehead atoms. The average Bonchev–Trinajstić information content (AvgIpc) is 3.62. The molecule has 4 aliphatic carbocycles. The van der Waals surface area contributed by atoms with Crippen molar-refractivity contribution in [3.63, 3.8) is 0 Å². The molecule has 230 valence electrons. The minimum absolute atomic E-state index is 0.0473. The van der Waals surface area contributed by atoms with Crippen LogP contribution in [0, 0.1) is 30.6 Å². The Hall–Kier alpha value is -2.88. The molecule has 44 heavy (non-hydrogen) atoms. The number of likely N-dealkylation sites (N-methyl/N-ethyl adjacent to an activating group) is 1. The third-order valence-corrected chi connectivity index (χ3v) is 16.7. The zero-order valence-corrected chi connectivity index (χ0v) is 28.7. The van der Waals surface area contributed by atoms with Crippen molar-refractivity contribution in [3.05, 3.63) is 113 Å². The van der Waals surface area contributed by atoms with Crippen LogP contribution in [0.3, 0.4) is 0 Å². The summed E-state index contributed by atoms with van der Waals surface area (Å²) in [6.07, 6.45) is 24.7. The van der Waals surface area contributed by atoms with Crippen LogP contribution < -0.4 is 4.90 Å². The van der Waals surface area contributed by atoms with E-state index in [4.69, 9.17) is 4.74 Å². The van der Waals surface area contributed by atoms with Gasteiger partial charge in [-0.3, -0.25) is 0 Å². The summed E-state index contributed by atoms with van der Waals surface area (Å²) in [5.74, 6) is 2.43. The van der Waals surface area contributed by atoms with Crippen LogP contribution in [-0.4, -0.2) is 27.3 Å². The van der Waals surface area contributed by atoms with E-state index in [1.165, 1.54) is 47.7 Å². The van der Waals surface area contributed by atoms with Gasteiger partial charge in [0.25, 0.3) is 0 Å². The van der Waals surface area contributed by atoms with Gasteiger partial charge in [0.1, 0.15) is 0 Å². The zero-order valence-electron chi connectivity index (χ0n) is 27.7. The van der Waals surface area contributed by atoms with Crippen molar-refractivity contribution in [3.8, 4) is 0 Å². The molecule has 2 nitrogen and oxygen atoms in total. The third-order valence-electron chi connectivity index (χ3n) is 11.4. The maximum atomic E-state index is 6.07. The highest BCUT2D eigenvalue weighted by Gasteiger charge is 2.58. The van der Waals surface area contributed by atoms with Crippen LogP contribution in [0.1, 0.15) is 74.8 Å². The van der Waals surface area contributed by atoms with Crippen LogP contribution in [0.15, 0.2) is 91.1 Å². The molecule has 0 saturated heterocycles. The fourth-order valence-electron chi connectivity index (χ4n) is 9.67. The first kappa shape index (κ1) is 29.8. The first-order chi connectivity index (χ1) is 21.2. The zero-order chi connectivity index (χ0) is 30.6. The highest BCUT2D eigenvalue weighted by atomic mass is 28.3. The summed E-state index contributed by atoms with van der Waals surface area (Å²) in [5, 5.41) is 1.78. The van der Waals surface area contributed by atoms with Crippen molar-refractivity contribution in [2.24, 2.45) is 23.7 Å². The molecule has 0 radical (unpaired) electrons. The largest absolute Gasteiger partial charge is 0.376 e. The minimum atomic E-state index is -2.10. The third kappa shape index (κ3) is 4.95. The van der Waals surface area contributed by atoms with Crippen LogP contribution >= 0.6 is 0 Å². The number of anilines is 1. The Morgan fingerprint density at radius 1 is 0.773 bits per heavy atom. The molecule has 0 spiro atoms. The highest BCUT2D eigenvalue weighted by Crippen LogP contribution is 2.66. The molecular weight excluding hydrogens is 551 g/mol. The van der Waals surface area contributed by atoms with Crippen LogP contribution in [-0.2, 0) is 4.74 Å². The van der Waals surface area contributed by atoms with Gasteiger partial charge in [-0.15, -0.1) is 0 Å². The summed E-state index contributed by atoms with van der Waals surface area (Å²) in [6, 6.07) is 18.3. The van der Waals surface area contributed by atoms with Crippen LogP contribution in [0.25, 0.3) is 10.8 Å². The predicted molar refractivity (Wildman–Crippen MR) is 190 cm³/mol. The van der Waals surface area contributed by atoms with Gasteiger partial charge in [-0.2, -0.15) is 0 Å². The Morgan fingerprint density at radius 2 is 1.41 bits per heavy atom. The molecule has 0 N–H and O–H groups in total. The number of aryl methyl sites for hydroxylation is 1. The van der Waals surface area contributed by atoms with Crippen molar-refractivity contribution < 1.29 is 4.74 Å². The lowest BCUT2D eigenvalue weighted by Gasteiger charge is -2.42. The number of hydrogen-bond donors (Lipinski definition) is 0. The Labute approximate surface area is 267 Å². The highest BCUT2D eigenvalue weighted by molar-refractivity contribution is 6.98. The van der Waals surface area contributed by atoms with Crippen molar-refractivity contribution in [2.45, 2.75) is 83.2 Å². The van der Waals surface area contributed by atoms with Crippen LogP contribution in [0.5, 0.6) is 0 Å². The summed E-state index contributed by atoms with van der Waals surface area (Å²) < 4.78 is 6.07. The quantitative estimate of drug-likeness (QED) is 0.209. The van der Waals surface area contributed by atoms with Gasteiger partial charge in [-0.1, -0.05) is 116 Å². The van der Waals surface area contributed by atoms with E-state index in [1.807, 2.05) is 0 Å². The Balaban J connectivity index is 1.33. The van der Waals surface area contributed by atoms with Gasteiger partial charge in [0.2, 0.25) is 0 Å². The van der Waals surface area contributed by atoms with Gasteiger partial charge in [-0.05, 0) is 97.4 Å². The molecule has 0 amide bonds. The summed E-state index contributed by atoms with van der Waals surface area (Å²) in [4.78, 5) is 2.58. The van der Waals surface area contributed by atoms with E-state index in [-0.39, 0.29) is 5.60 Å². The second-order valence-electron chi connectivity index (χ2n) is 15.3. The van der Waals surface area contributed by atoms with E-state index in [9.17, 15) is 0 Å². The van der Waals surface area contributed by atoms with E-state index in [0.717, 1.165) is 13.0 Å². The van der Waals surface area contributed by atoms with Crippen molar-refractivity contribution in [1.82, 2.24) is 0 Å². The smallest absolute Gasteiger partial charge is 0.0892 e. The van der Waals surface area contributed by atoms with Gasteiger partial charge in [0, 0.05) is 24.9 Å². The van der Waals surface area contributed by atoms with Gasteiger partial charge in [0.05, 0.1) is 19.7 Å². The molecule has 3 heteroatoms.